The molecule has 0 fully saturated rings. The number of rotatable bonds is 7. The molecule has 1 rings (SSSR count). The van der Waals surface area contributed by atoms with Crippen LogP contribution in [0.2, 0.25) is 0 Å². The summed E-state index contributed by atoms with van der Waals surface area (Å²) >= 11 is 0. The van der Waals surface area contributed by atoms with Gasteiger partial charge >= 0.3 is 5.97 Å². The average Bonchev–Trinajstić information content (AvgIpc) is 2.43. The number of amides is 1. The second-order valence-electron chi connectivity index (χ2n) is 4.90. The Morgan fingerprint density at radius 2 is 1.90 bits per heavy atom. The third kappa shape index (κ3) is 5.55. The zero-order valence-electron chi connectivity index (χ0n) is 13.2. The van der Waals surface area contributed by atoms with Gasteiger partial charge in [0.05, 0.1) is 19.7 Å². The lowest BCUT2D eigenvalue weighted by molar-refractivity contribution is -0.144. The third-order valence-electron chi connectivity index (χ3n) is 3.35. The summed E-state index contributed by atoms with van der Waals surface area (Å²) in [4.78, 5) is 25.3. The summed E-state index contributed by atoms with van der Waals surface area (Å²) in [5.41, 5.74) is 3.00. The van der Waals surface area contributed by atoms with E-state index in [0.717, 1.165) is 16.8 Å². The van der Waals surface area contributed by atoms with Gasteiger partial charge in [-0.25, -0.2) is 0 Å². The van der Waals surface area contributed by atoms with E-state index in [1.165, 1.54) is 0 Å². The maximum Gasteiger partial charge on any atom is 0.320 e. The molecule has 5 heteroatoms. The Labute approximate surface area is 126 Å². The number of hydrogen-bond donors (Lipinski definition) is 1. The van der Waals surface area contributed by atoms with Crippen molar-refractivity contribution in [2.45, 2.75) is 27.7 Å². The maximum absolute atomic E-state index is 12.1. The Kier molecular flexibility index (Phi) is 6.88. The molecule has 0 aromatic heterocycles. The van der Waals surface area contributed by atoms with E-state index in [9.17, 15) is 9.59 Å². The number of likely N-dealkylation sites (N-methyl/N-ethyl adjacent to an activating group) is 1. The van der Waals surface area contributed by atoms with Gasteiger partial charge in [0.2, 0.25) is 5.91 Å². The van der Waals surface area contributed by atoms with Gasteiger partial charge in [-0.3, -0.25) is 14.5 Å². The van der Waals surface area contributed by atoms with Crippen LogP contribution in [-0.4, -0.2) is 43.0 Å². The molecule has 0 spiro atoms. The van der Waals surface area contributed by atoms with Gasteiger partial charge in [-0.1, -0.05) is 19.1 Å². The van der Waals surface area contributed by atoms with Crippen LogP contribution in [0.5, 0.6) is 0 Å². The van der Waals surface area contributed by atoms with Gasteiger partial charge < -0.3 is 10.1 Å². The SMILES string of the molecule is CCOC(=O)CN(CC)CC(=O)Nc1cccc(C)c1C. The minimum atomic E-state index is -0.307. The highest BCUT2D eigenvalue weighted by Crippen LogP contribution is 2.17. The number of carbonyl (C=O) groups excluding carboxylic acids is 2. The minimum Gasteiger partial charge on any atom is -0.465 e. The van der Waals surface area contributed by atoms with Crippen LogP contribution in [0.1, 0.15) is 25.0 Å². The molecule has 0 saturated heterocycles. The van der Waals surface area contributed by atoms with E-state index < -0.39 is 0 Å². The van der Waals surface area contributed by atoms with Crippen LogP contribution in [0.25, 0.3) is 0 Å². The quantitative estimate of drug-likeness (QED) is 0.782. The lowest BCUT2D eigenvalue weighted by Gasteiger charge is -2.19. The monoisotopic (exact) mass is 292 g/mol. The molecule has 0 radical (unpaired) electrons. The molecule has 0 aliphatic carbocycles. The summed E-state index contributed by atoms with van der Waals surface area (Å²) in [6.45, 7) is 8.91. The molecule has 0 aliphatic heterocycles. The van der Waals surface area contributed by atoms with Gasteiger partial charge in [-0.2, -0.15) is 0 Å². The molecule has 1 amide bonds. The number of anilines is 1. The molecule has 0 aliphatic rings. The minimum absolute atomic E-state index is 0.130. The van der Waals surface area contributed by atoms with Crippen molar-refractivity contribution in [2.75, 3.05) is 31.6 Å². The number of nitrogens with zero attached hydrogens (tertiary/aromatic N) is 1. The van der Waals surface area contributed by atoms with Crippen LogP contribution in [0.15, 0.2) is 18.2 Å². The zero-order valence-corrected chi connectivity index (χ0v) is 13.2. The summed E-state index contributed by atoms with van der Waals surface area (Å²) in [5, 5.41) is 2.89. The van der Waals surface area contributed by atoms with Gasteiger partial charge in [-0.05, 0) is 44.5 Å². The number of benzene rings is 1. The van der Waals surface area contributed by atoms with Crippen molar-refractivity contribution in [1.29, 1.82) is 0 Å². The predicted molar refractivity (Wildman–Crippen MR) is 83.3 cm³/mol. The van der Waals surface area contributed by atoms with Crippen molar-refractivity contribution < 1.29 is 14.3 Å². The van der Waals surface area contributed by atoms with Gasteiger partial charge in [0, 0.05) is 5.69 Å². The molecular weight excluding hydrogens is 268 g/mol. The Balaban J connectivity index is 2.58. The molecule has 0 saturated carbocycles. The van der Waals surface area contributed by atoms with E-state index in [-0.39, 0.29) is 25.0 Å². The molecule has 1 aromatic carbocycles. The topological polar surface area (TPSA) is 58.6 Å². The van der Waals surface area contributed by atoms with Crippen LogP contribution in [-0.2, 0) is 14.3 Å². The second-order valence-corrected chi connectivity index (χ2v) is 4.90. The van der Waals surface area contributed by atoms with Gasteiger partial charge in [0.15, 0.2) is 0 Å². The summed E-state index contributed by atoms with van der Waals surface area (Å²) in [7, 11) is 0. The number of hydrogen-bond acceptors (Lipinski definition) is 4. The number of aryl methyl sites for hydroxylation is 1. The highest BCUT2D eigenvalue weighted by Gasteiger charge is 2.14. The Morgan fingerprint density at radius 3 is 2.52 bits per heavy atom. The molecule has 1 aromatic rings. The first-order valence-electron chi connectivity index (χ1n) is 7.22. The molecule has 5 nitrogen and oxygen atoms in total. The van der Waals surface area contributed by atoms with Crippen LogP contribution in [0, 0.1) is 13.8 Å². The maximum atomic E-state index is 12.1. The van der Waals surface area contributed by atoms with E-state index in [4.69, 9.17) is 4.74 Å². The molecule has 116 valence electrons. The number of esters is 1. The van der Waals surface area contributed by atoms with Crippen LogP contribution in [0.4, 0.5) is 5.69 Å². The Bertz CT molecular complexity index is 500. The number of nitrogens with one attached hydrogen (secondary N) is 1. The van der Waals surface area contributed by atoms with Gasteiger partial charge in [0.25, 0.3) is 0 Å². The summed E-state index contributed by atoms with van der Waals surface area (Å²) < 4.78 is 4.90. The Morgan fingerprint density at radius 1 is 1.19 bits per heavy atom. The van der Waals surface area contributed by atoms with E-state index in [1.807, 2.05) is 39.0 Å². The zero-order chi connectivity index (χ0) is 15.8. The van der Waals surface area contributed by atoms with Crippen molar-refractivity contribution in [1.82, 2.24) is 4.90 Å². The largest absolute Gasteiger partial charge is 0.465 e. The van der Waals surface area contributed by atoms with Crippen molar-refractivity contribution in [3.8, 4) is 0 Å². The third-order valence-corrected chi connectivity index (χ3v) is 3.35. The van der Waals surface area contributed by atoms with Crippen molar-refractivity contribution >= 4 is 17.6 Å². The highest BCUT2D eigenvalue weighted by atomic mass is 16.5. The van der Waals surface area contributed by atoms with Gasteiger partial charge in [0.1, 0.15) is 0 Å². The standard InChI is InChI=1S/C16H24N2O3/c1-5-18(11-16(20)21-6-2)10-15(19)17-14-9-7-8-12(3)13(14)4/h7-9H,5-6,10-11H2,1-4H3,(H,17,19). The molecule has 0 heterocycles. The molecular formula is C16H24N2O3. The molecule has 0 atom stereocenters. The average molecular weight is 292 g/mol. The first-order chi connectivity index (χ1) is 9.97. The Hall–Kier alpha value is -1.88. The fraction of sp³-hybridized carbons (Fsp3) is 0.500. The fourth-order valence-electron chi connectivity index (χ4n) is 1.95. The molecule has 1 N–H and O–H groups in total. The summed E-state index contributed by atoms with van der Waals surface area (Å²) in [5.74, 6) is -0.436. The molecule has 0 bridgehead atoms. The van der Waals surface area contributed by atoms with E-state index in [0.29, 0.717) is 13.2 Å². The molecule has 0 unspecified atom stereocenters. The van der Waals surface area contributed by atoms with Crippen LogP contribution >= 0.6 is 0 Å². The van der Waals surface area contributed by atoms with Crippen molar-refractivity contribution in [2.24, 2.45) is 0 Å². The normalized spacial score (nSPS) is 10.5. The predicted octanol–water partition coefficient (Wildman–Crippen LogP) is 2.13. The van der Waals surface area contributed by atoms with Crippen molar-refractivity contribution in [3.63, 3.8) is 0 Å². The fourth-order valence-corrected chi connectivity index (χ4v) is 1.95. The van der Waals surface area contributed by atoms with Gasteiger partial charge in [-0.15, -0.1) is 0 Å². The lowest BCUT2D eigenvalue weighted by Crippen LogP contribution is -2.37. The first-order valence-corrected chi connectivity index (χ1v) is 7.22. The van der Waals surface area contributed by atoms with E-state index >= 15 is 0 Å². The number of carbonyl (C=O) groups is 2. The summed E-state index contributed by atoms with van der Waals surface area (Å²) in [6, 6.07) is 5.79. The lowest BCUT2D eigenvalue weighted by atomic mass is 10.1. The number of ether oxygens (including phenoxy) is 1. The van der Waals surface area contributed by atoms with E-state index in [2.05, 4.69) is 5.32 Å². The highest BCUT2D eigenvalue weighted by molar-refractivity contribution is 5.93. The second kappa shape index (κ2) is 8.42. The van der Waals surface area contributed by atoms with E-state index in [1.54, 1.807) is 11.8 Å². The summed E-state index contributed by atoms with van der Waals surface area (Å²) in [6.07, 6.45) is 0. The smallest absolute Gasteiger partial charge is 0.320 e. The molecule has 21 heavy (non-hydrogen) atoms. The first kappa shape index (κ1) is 17.2. The van der Waals surface area contributed by atoms with Crippen LogP contribution < -0.4 is 5.32 Å². The van der Waals surface area contributed by atoms with Crippen LogP contribution in [0.3, 0.4) is 0 Å². The van der Waals surface area contributed by atoms with Crippen molar-refractivity contribution in [3.05, 3.63) is 29.3 Å².